The number of hydrogen-bond donors (Lipinski definition) is 1. The molecule has 1 aromatic rings. The molecule has 1 fully saturated rings. The van der Waals surface area contributed by atoms with Gasteiger partial charge in [0.05, 0.1) is 5.56 Å². The van der Waals surface area contributed by atoms with E-state index in [0.717, 1.165) is 40.9 Å². The molecule has 0 radical (unpaired) electrons. The lowest BCUT2D eigenvalue weighted by molar-refractivity contribution is 0.0670. The van der Waals surface area contributed by atoms with Gasteiger partial charge in [0, 0.05) is 22.5 Å². The van der Waals surface area contributed by atoms with Gasteiger partial charge in [-0.25, -0.2) is 0 Å². The van der Waals surface area contributed by atoms with Gasteiger partial charge in [-0.15, -0.1) is 12.6 Å². The number of likely N-dealkylation sites (tertiary alicyclic amines) is 1. The van der Waals surface area contributed by atoms with Gasteiger partial charge in [-0.1, -0.05) is 13.3 Å². The number of carbonyl (C=O) groups is 1. The largest absolute Gasteiger partial charge is 0.338 e. The van der Waals surface area contributed by atoms with Crippen LogP contribution in [0.5, 0.6) is 0 Å². The summed E-state index contributed by atoms with van der Waals surface area (Å²) in [6.07, 6.45) is 3.51. The first-order valence-electron chi connectivity index (χ1n) is 6.39. The Kier molecular flexibility index (Phi) is 4.73. The van der Waals surface area contributed by atoms with E-state index in [4.69, 9.17) is 0 Å². The van der Waals surface area contributed by atoms with E-state index in [1.807, 2.05) is 23.1 Å². The Bertz CT molecular complexity index is 449. The van der Waals surface area contributed by atoms with E-state index in [9.17, 15) is 4.79 Å². The summed E-state index contributed by atoms with van der Waals surface area (Å²) in [6, 6.07) is 5.61. The Balaban J connectivity index is 2.17. The molecule has 1 amide bonds. The van der Waals surface area contributed by atoms with Crippen LogP contribution in [-0.2, 0) is 0 Å². The van der Waals surface area contributed by atoms with Crippen molar-refractivity contribution in [3.05, 3.63) is 28.2 Å². The number of thiol groups is 1. The van der Waals surface area contributed by atoms with E-state index in [2.05, 4.69) is 35.5 Å². The highest BCUT2D eigenvalue weighted by Gasteiger charge is 2.24. The second-order valence-electron chi connectivity index (χ2n) is 4.83. The van der Waals surface area contributed by atoms with Crippen molar-refractivity contribution in [2.24, 2.45) is 5.92 Å². The monoisotopic (exact) mass is 327 g/mol. The predicted molar refractivity (Wildman–Crippen MR) is 80.3 cm³/mol. The van der Waals surface area contributed by atoms with Gasteiger partial charge in [-0.05, 0) is 52.9 Å². The zero-order chi connectivity index (χ0) is 13.1. The first kappa shape index (κ1) is 13.9. The van der Waals surface area contributed by atoms with Crippen molar-refractivity contribution < 1.29 is 4.79 Å². The summed E-state index contributed by atoms with van der Waals surface area (Å²) in [7, 11) is 0. The highest BCUT2D eigenvalue weighted by molar-refractivity contribution is 9.10. The van der Waals surface area contributed by atoms with Crippen LogP contribution < -0.4 is 0 Å². The van der Waals surface area contributed by atoms with Gasteiger partial charge in [-0.3, -0.25) is 4.79 Å². The number of halogens is 1. The van der Waals surface area contributed by atoms with Gasteiger partial charge >= 0.3 is 0 Å². The molecule has 1 saturated heterocycles. The number of rotatable bonds is 2. The normalized spacial score (nSPS) is 19.9. The minimum absolute atomic E-state index is 0.121. The van der Waals surface area contributed by atoms with Gasteiger partial charge in [0.2, 0.25) is 0 Å². The summed E-state index contributed by atoms with van der Waals surface area (Å²) in [5.41, 5.74) is 0.722. The Morgan fingerprint density at radius 2 is 2.33 bits per heavy atom. The van der Waals surface area contributed by atoms with Gasteiger partial charge in [-0.2, -0.15) is 0 Å². The first-order chi connectivity index (χ1) is 8.61. The van der Waals surface area contributed by atoms with Crippen molar-refractivity contribution in [1.82, 2.24) is 4.90 Å². The summed E-state index contributed by atoms with van der Waals surface area (Å²) in [4.78, 5) is 15.3. The number of benzene rings is 1. The molecule has 1 unspecified atom stereocenters. The third-order valence-electron chi connectivity index (χ3n) is 3.56. The van der Waals surface area contributed by atoms with Gasteiger partial charge in [0.25, 0.3) is 5.91 Å². The third kappa shape index (κ3) is 3.09. The Hall–Kier alpha value is -0.480. The molecule has 1 heterocycles. The summed E-state index contributed by atoms with van der Waals surface area (Å²) in [6.45, 7) is 3.96. The van der Waals surface area contributed by atoms with E-state index in [0.29, 0.717) is 5.92 Å². The molecule has 1 aliphatic rings. The molecule has 0 saturated carbocycles. The Morgan fingerprint density at radius 3 is 3.06 bits per heavy atom. The zero-order valence-corrected chi connectivity index (χ0v) is 13.0. The van der Waals surface area contributed by atoms with Crippen molar-refractivity contribution in [3.63, 3.8) is 0 Å². The van der Waals surface area contributed by atoms with Crippen molar-refractivity contribution in [2.45, 2.75) is 31.1 Å². The molecule has 4 heteroatoms. The van der Waals surface area contributed by atoms with E-state index >= 15 is 0 Å². The molecule has 0 aliphatic carbocycles. The average Bonchev–Trinajstić information content (AvgIpc) is 2.41. The molecule has 2 nitrogen and oxygen atoms in total. The second-order valence-corrected chi connectivity index (χ2v) is 6.20. The molecule has 1 aromatic carbocycles. The number of hydrogen-bond acceptors (Lipinski definition) is 2. The minimum Gasteiger partial charge on any atom is -0.338 e. The molecule has 18 heavy (non-hydrogen) atoms. The molecular formula is C14H18BrNOS. The maximum atomic E-state index is 12.5. The fraction of sp³-hybridized carbons (Fsp3) is 0.500. The van der Waals surface area contributed by atoms with Crippen molar-refractivity contribution in [1.29, 1.82) is 0 Å². The lowest BCUT2D eigenvalue weighted by Crippen LogP contribution is -2.39. The number of amides is 1. The smallest absolute Gasteiger partial charge is 0.255 e. The third-order valence-corrected chi connectivity index (χ3v) is 4.53. The highest BCUT2D eigenvalue weighted by atomic mass is 79.9. The van der Waals surface area contributed by atoms with E-state index in [-0.39, 0.29) is 5.91 Å². The van der Waals surface area contributed by atoms with Crippen LogP contribution in [0.15, 0.2) is 27.6 Å². The molecular weight excluding hydrogens is 310 g/mol. The van der Waals surface area contributed by atoms with Crippen LogP contribution in [-0.4, -0.2) is 23.9 Å². The van der Waals surface area contributed by atoms with Crippen LogP contribution in [0.4, 0.5) is 0 Å². The predicted octanol–water partition coefficient (Wildman–Crippen LogP) is 4.00. The number of nitrogens with zero attached hydrogens (tertiary/aromatic N) is 1. The van der Waals surface area contributed by atoms with Crippen molar-refractivity contribution >= 4 is 34.5 Å². The van der Waals surface area contributed by atoms with Crippen LogP contribution in [0, 0.1) is 5.92 Å². The standard InChI is InChI=1S/C14H18BrNOS/c1-2-10-4-3-7-16(9-10)14(17)12-8-11(18)5-6-13(12)15/h5-6,8,10,18H,2-4,7,9H2,1H3. The van der Waals surface area contributed by atoms with Crippen LogP contribution in [0.2, 0.25) is 0 Å². The summed E-state index contributed by atoms with van der Waals surface area (Å²) in [5, 5.41) is 0. The van der Waals surface area contributed by atoms with E-state index < -0.39 is 0 Å². The van der Waals surface area contributed by atoms with E-state index in [1.165, 1.54) is 6.42 Å². The summed E-state index contributed by atoms with van der Waals surface area (Å²) in [5.74, 6) is 0.775. The lowest BCUT2D eigenvalue weighted by Gasteiger charge is -2.32. The molecule has 0 spiro atoms. The molecule has 0 N–H and O–H groups in total. The Morgan fingerprint density at radius 1 is 1.56 bits per heavy atom. The molecule has 98 valence electrons. The fourth-order valence-corrected chi connectivity index (χ4v) is 3.05. The topological polar surface area (TPSA) is 20.3 Å². The molecule has 1 aliphatic heterocycles. The fourth-order valence-electron chi connectivity index (χ4n) is 2.43. The van der Waals surface area contributed by atoms with Crippen LogP contribution in [0.1, 0.15) is 36.5 Å². The van der Waals surface area contributed by atoms with Gasteiger partial charge < -0.3 is 4.90 Å². The number of carbonyl (C=O) groups excluding carboxylic acids is 1. The molecule has 2 rings (SSSR count). The molecule has 0 bridgehead atoms. The van der Waals surface area contributed by atoms with Gasteiger partial charge in [0.15, 0.2) is 0 Å². The van der Waals surface area contributed by atoms with Crippen molar-refractivity contribution in [2.75, 3.05) is 13.1 Å². The SMILES string of the molecule is CCC1CCCN(C(=O)c2cc(S)ccc2Br)C1. The second kappa shape index (κ2) is 6.11. The zero-order valence-electron chi connectivity index (χ0n) is 10.5. The van der Waals surface area contributed by atoms with E-state index in [1.54, 1.807) is 0 Å². The van der Waals surface area contributed by atoms with Crippen LogP contribution in [0.3, 0.4) is 0 Å². The van der Waals surface area contributed by atoms with Crippen LogP contribution in [0.25, 0.3) is 0 Å². The average molecular weight is 328 g/mol. The quantitative estimate of drug-likeness (QED) is 0.814. The minimum atomic E-state index is 0.121. The lowest BCUT2D eigenvalue weighted by atomic mass is 9.95. The maximum Gasteiger partial charge on any atom is 0.255 e. The maximum absolute atomic E-state index is 12.5. The Labute approximate surface area is 122 Å². The molecule has 0 aromatic heterocycles. The number of piperidine rings is 1. The molecule has 1 atom stereocenters. The van der Waals surface area contributed by atoms with Crippen LogP contribution >= 0.6 is 28.6 Å². The first-order valence-corrected chi connectivity index (χ1v) is 7.63. The highest BCUT2D eigenvalue weighted by Crippen LogP contribution is 2.25. The summed E-state index contributed by atoms with van der Waals surface area (Å²) < 4.78 is 0.851. The van der Waals surface area contributed by atoms with Crippen molar-refractivity contribution in [3.8, 4) is 0 Å². The summed E-state index contributed by atoms with van der Waals surface area (Å²) >= 11 is 7.75. The van der Waals surface area contributed by atoms with Gasteiger partial charge in [0.1, 0.15) is 0 Å².